The lowest BCUT2D eigenvalue weighted by Gasteiger charge is -2.22. The molecule has 1 unspecified atom stereocenters. The maximum absolute atomic E-state index is 12.0. The molecule has 6 heteroatoms. The molecule has 4 rings (SSSR count). The Hall–Kier alpha value is -2.08. The summed E-state index contributed by atoms with van der Waals surface area (Å²) >= 11 is 1.64. The summed E-state index contributed by atoms with van der Waals surface area (Å²) in [5.41, 5.74) is 3.58. The molecule has 0 bridgehead atoms. The number of nitrogens with one attached hydrogen (secondary N) is 2. The molecule has 0 saturated heterocycles. The number of carbonyl (C=O) groups excluding carboxylic acids is 1. The third-order valence-electron chi connectivity index (χ3n) is 3.56. The van der Waals surface area contributed by atoms with E-state index in [4.69, 9.17) is 4.74 Å². The van der Waals surface area contributed by atoms with Gasteiger partial charge in [-0.15, -0.1) is 11.3 Å². The minimum Gasteiger partial charge on any atom is -0.456 e. The Kier molecular flexibility index (Phi) is 2.11. The molecule has 0 radical (unpaired) electrons. The van der Waals surface area contributed by atoms with Crippen LogP contribution in [0.1, 0.15) is 22.1 Å². The molecule has 19 heavy (non-hydrogen) atoms. The zero-order valence-electron chi connectivity index (χ0n) is 10.2. The van der Waals surface area contributed by atoms with Crippen molar-refractivity contribution in [3.05, 3.63) is 44.9 Å². The number of aromatic amines is 1. The Morgan fingerprint density at radius 1 is 1.53 bits per heavy atom. The number of esters is 1. The van der Waals surface area contributed by atoms with Gasteiger partial charge in [-0.05, 0) is 18.4 Å². The van der Waals surface area contributed by atoms with Crippen LogP contribution in [0.2, 0.25) is 0 Å². The summed E-state index contributed by atoms with van der Waals surface area (Å²) in [6, 6.07) is 4.05. The lowest BCUT2D eigenvalue weighted by molar-refractivity contribution is -0.136. The number of H-pyrrole nitrogens is 1. The first-order valence-corrected chi connectivity index (χ1v) is 6.89. The Labute approximate surface area is 113 Å². The van der Waals surface area contributed by atoms with Crippen LogP contribution >= 0.6 is 11.3 Å². The predicted octanol–water partition coefficient (Wildman–Crippen LogP) is 2.15. The van der Waals surface area contributed by atoms with Gasteiger partial charge in [0.25, 0.3) is 0 Å². The van der Waals surface area contributed by atoms with Crippen LogP contribution in [-0.2, 0) is 9.53 Å². The van der Waals surface area contributed by atoms with Gasteiger partial charge in [0.15, 0.2) is 5.82 Å². The van der Waals surface area contributed by atoms with E-state index in [1.807, 2.05) is 24.4 Å². The van der Waals surface area contributed by atoms with Crippen LogP contribution in [0.5, 0.6) is 0 Å². The van der Waals surface area contributed by atoms with Gasteiger partial charge in [0.1, 0.15) is 6.61 Å². The Bertz CT molecular complexity index is 700. The highest BCUT2D eigenvalue weighted by molar-refractivity contribution is 7.10. The highest BCUT2D eigenvalue weighted by atomic mass is 32.1. The molecule has 0 amide bonds. The highest BCUT2D eigenvalue weighted by Gasteiger charge is 2.40. The lowest BCUT2D eigenvalue weighted by Crippen LogP contribution is -2.19. The van der Waals surface area contributed by atoms with Crippen LogP contribution in [0.25, 0.3) is 0 Å². The minimum absolute atomic E-state index is 0.0694. The molecule has 0 aromatic carbocycles. The smallest absolute Gasteiger partial charge is 0.337 e. The molecule has 2 aliphatic rings. The molecule has 0 saturated carbocycles. The average Bonchev–Trinajstić information content (AvgIpc) is 3.10. The zero-order valence-corrected chi connectivity index (χ0v) is 11.0. The van der Waals surface area contributed by atoms with Crippen molar-refractivity contribution in [3.8, 4) is 0 Å². The van der Waals surface area contributed by atoms with Gasteiger partial charge in [-0.2, -0.15) is 5.10 Å². The van der Waals surface area contributed by atoms with E-state index in [0.29, 0.717) is 6.61 Å². The van der Waals surface area contributed by atoms with E-state index in [1.54, 1.807) is 11.3 Å². The van der Waals surface area contributed by atoms with E-state index in [2.05, 4.69) is 15.5 Å². The van der Waals surface area contributed by atoms with Crippen molar-refractivity contribution in [1.29, 1.82) is 0 Å². The number of cyclic esters (lactones) is 1. The lowest BCUT2D eigenvalue weighted by atomic mass is 9.86. The van der Waals surface area contributed by atoms with E-state index in [-0.39, 0.29) is 11.9 Å². The van der Waals surface area contributed by atoms with Crippen LogP contribution in [0.3, 0.4) is 0 Å². The van der Waals surface area contributed by atoms with Crippen molar-refractivity contribution in [3.63, 3.8) is 0 Å². The van der Waals surface area contributed by atoms with Gasteiger partial charge in [-0.1, -0.05) is 6.07 Å². The van der Waals surface area contributed by atoms with E-state index < -0.39 is 0 Å². The first-order valence-electron chi connectivity index (χ1n) is 6.01. The van der Waals surface area contributed by atoms with Crippen molar-refractivity contribution in [2.45, 2.75) is 12.8 Å². The van der Waals surface area contributed by atoms with Gasteiger partial charge in [0, 0.05) is 16.1 Å². The molecule has 2 aromatic heterocycles. The van der Waals surface area contributed by atoms with E-state index in [1.165, 1.54) is 0 Å². The second-order valence-electron chi connectivity index (χ2n) is 4.65. The molecular weight excluding hydrogens is 262 g/mol. The number of nitrogens with zero attached hydrogens (tertiary/aromatic N) is 1. The summed E-state index contributed by atoms with van der Waals surface area (Å²) < 4.78 is 5.16. The number of carbonyl (C=O) groups is 1. The quantitative estimate of drug-likeness (QED) is 0.781. The summed E-state index contributed by atoms with van der Waals surface area (Å²) in [4.78, 5) is 13.1. The number of thiophene rings is 1. The van der Waals surface area contributed by atoms with E-state index in [0.717, 1.165) is 33.2 Å². The van der Waals surface area contributed by atoms with E-state index >= 15 is 0 Å². The number of hydrogen-bond acceptors (Lipinski definition) is 5. The monoisotopic (exact) mass is 273 g/mol. The number of rotatable bonds is 1. The van der Waals surface area contributed by atoms with Crippen LogP contribution in [0, 0.1) is 6.92 Å². The van der Waals surface area contributed by atoms with Crippen molar-refractivity contribution in [2.75, 3.05) is 11.9 Å². The standard InChI is InChI=1S/C13H11N3O2S/c1-6-9-11(8-3-2-4-19-8)10-7(5-18-13(10)17)14-12(9)16-15-6/h2-4,11H,5H2,1H3,(H2,14,15,16). The molecule has 0 spiro atoms. The topological polar surface area (TPSA) is 67.0 Å². The SMILES string of the molecule is Cc1[nH]nc2c1C(c1cccs1)C1=C(COC1=O)N2. The summed E-state index contributed by atoms with van der Waals surface area (Å²) in [6.07, 6.45) is 0. The molecule has 96 valence electrons. The number of anilines is 1. The summed E-state index contributed by atoms with van der Waals surface area (Å²) in [6.45, 7) is 2.28. The second-order valence-corrected chi connectivity index (χ2v) is 5.63. The summed E-state index contributed by atoms with van der Waals surface area (Å²) in [5, 5.41) is 12.5. The maximum Gasteiger partial charge on any atom is 0.337 e. The van der Waals surface area contributed by atoms with Gasteiger partial charge in [-0.25, -0.2) is 4.79 Å². The van der Waals surface area contributed by atoms with Crippen molar-refractivity contribution in [2.24, 2.45) is 0 Å². The second kappa shape index (κ2) is 3.71. The fourth-order valence-corrected chi connectivity index (χ4v) is 3.57. The molecular formula is C13H11N3O2S. The first-order chi connectivity index (χ1) is 9.25. The molecule has 1 atom stereocenters. The van der Waals surface area contributed by atoms with Crippen molar-refractivity contribution in [1.82, 2.24) is 10.2 Å². The number of hydrogen-bond donors (Lipinski definition) is 2. The normalized spacial score (nSPS) is 20.9. The Balaban J connectivity index is 1.97. The summed E-state index contributed by atoms with van der Waals surface area (Å²) in [7, 11) is 0. The Morgan fingerprint density at radius 2 is 2.42 bits per heavy atom. The van der Waals surface area contributed by atoms with Crippen LogP contribution in [0.4, 0.5) is 5.82 Å². The van der Waals surface area contributed by atoms with Crippen LogP contribution in [0.15, 0.2) is 28.8 Å². The van der Waals surface area contributed by atoms with Gasteiger partial charge in [-0.3, -0.25) is 5.10 Å². The fraction of sp³-hybridized carbons (Fsp3) is 0.231. The van der Waals surface area contributed by atoms with Crippen LogP contribution < -0.4 is 5.32 Å². The molecule has 2 aliphatic heterocycles. The molecule has 5 nitrogen and oxygen atoms in total. The number of ether oxygens (including phenoxy) is 1. The molecule has 0 aliphatic carbocycles. The van der Waals surface area contributed by atoms with Crippen LogP contribution in [-0.4, -0.2) is 22.8 Å². The first kappa shape index (κ1) is 10.8. The van der Waals surface area contributed by atoms with Gasteiger partial charge >= 0.3 is 5.97 Å². The molecule has 4 heterocycles. The number of aromatic nitrogens is 2. The fourth-order valence-electron chi connectivity index (χ4n) is 2.73. The van der Waals surface area contributed by atoms with Gasteiger partial charge < -0.3 is 10.1 Å². The highest BCUT2D eigenvalue weighted by Crippen LogP contribution is 2.45. The van der Waals surface area contributed by atoms with Gasteiger partial charge in [0.2, 0.25) is 0 Å². The largest absolute Gasteiger partial charge is 0.456 e. The molecule has 2 N–H and O–H groups in total. The summed E-state index contributed by atoms with van der Waals surface area (Å²) in [5.74, 6) is 0.500. The van der Waals surface area contributed by atoms with Crippen molar-refractivity contribution >= 4 is 23.1 Å². The number of fused-ring (bicyclic) bond motifs is 1. The van der Waals surface area contributed by atoms with Gasteiger partial charge in [0.05, 0.1) is 17.2 Å². The third-order valence-corrected chi connectivity index (χ3v) is 4.50. The maximum atomic E-state index is 12.0. The van der Waals surface area contributed by atoms with Crippen molar-refractivity contribution < 1.29 is 9.53 Å². The molecule has 0 fully saturated rings. The van der Waals surface area contributed by atoms with E-state index in [9.17, 15) is 4.79 Å². The average molecular weight is 273 g/mol. The Morgan fingerprint density at radius 3 is 3.21 bits per heavy atom. The predicted molar refractivity (Wildman–Crippen MR) is 71.1 cm³/mol. The number of aryl methyl sites for hydroxylation is 1. The zero-order chi connectivity index (χ0) is 13.0. The molecule has 2 aromatic rings. The third kappa shape index (κ3) is 1.40. The minimum atomic E-state index is -0.229.